The molecule has 4 heterocycles. The van der Waals surface area contributed by atoms with E-state index in [4.69, 9.17) is 24.2 Å². The summed E-state index contributed by atoms with van der Waals surface area (Å²) >= 11 is 1.47. The van der Waals surface area contributed by atoms with Crippen LogP contribution < -0.4 is 25.4 Å². The van der Waals surface area contributed by atoms with Crippen molar-refractivity contribution in [2.45, 2.75) is 120 Å². The topological polar surface area (TPSA) is 181 Å². The minimum Gasteiger partial charge on any atom is -0.497 e. The first-order valence-corrected chi connectivity index (χ1v) is 20.3. The van der Waals surface area contributed by atoms with Crippen LogP contribution in [0.3, 0.4) is 0 Å². The van der Waals surface area contributed by atoms with Crippen molar-refractivity contribution < 1.29 is 38.5 Å². The van der Waals surface area contributed by atoms with Gasteiger partial charge in [0.15, 0.2) is 5.13 Å². The van der Waals surface area contributed by atoms with Crippen molar-refractivity contribution in [1.29, 1.82) is 0 Å². The number of pyridine rings is 1. The Labute approximate surface area is 324 Å². The Kier molecular flexibility index (Phi) is 11.5. The zero-order chi connectivity index (χ0) is 38.7. The third-order valence-corrected chi connectivity index (χ3v) is 11.7. The number of amides is 3. The summed E-state index contributed by atoms with van der Waals surface area (Å²) in [5.74, 6) is -1.37. The first-order chi connectivity index (χ1) is 26.5. The van der Waals surface area contributed by atoms with Gasteiger partial charge in [-0.25, -0.2) is 19.6 Å². The van der Waals surface area contributed by atoms with Crippen molar-refractivity contribution in [3.05, 3.63) is 41.8 Å². The minimum atomic E-state index is -1.45. The van der Waals surface area contributed by atoms with Crippen LogP contribution in [0.15, 0.2) is 41.8 Å². The lowest BCUT2D eigenvalue weighted by molar-refractivity contribution is -0.145. The number of ether oxygens (including phenoxy) is 3. The van der Waals surface area contributed by atoms with Crippen LogP contribution in [0, 0.1) is 5.92 Å². The van der Waals surface area contributed by atoms with Gasteiger partial charge in [-0.15, -0.1) is 11.3 Å². The highest BCUT2D eigenvalue weighted by Gasteiger charge is 2.61. The molecule has 1 saturated heterocycles. The molecule has 0 unspecified atom stereocenters. The maximum absolute atomic E-state index is 14.5. The molecule has 0 radical (unpaired) electrons. The summed E-state index contributed by atoms with van der Waals surface area (Å²) in [4.78, 5) is 65.5. The molecule has 4 N–H and O–H groups in total. The second-order valence-corrected chi connectivity index (χ2v) is 16.2. The summed E-state index contributed by atoms with van der Waals surface area (Å²) in [6.07, 6.45) is 9.71. The molecule has 2 saturated carbocycles. The summed E-state index contributed by atoms with van der Waals surface area (Å²) in [5.41, 5.74) is 0.394. The van der Waals surface area contributed by atoms with E-state index in [9.17, 15) is 24.3 Å². The number of alkyl carbamates (subject to hydrolysis) is 1. The number of allylic oxidation sites excluding steroid dienone is 1. The van der Waals surface area contributed by atoms with Gasteiger partial charge in [0.2, 0.25) is 11.8 Å². The first kappa shape index (κ1) is 38.4. The number of carbonyl (C=O) groups excluding carboxylic acids is 3. The summed E-state index contributed by atoms with van der Waals surface area (Å²) in [5, 5.41) is 22.6. The molecule has 5 atom stereocenters. The normalized spacial score (nSPS) is 26.7. The van der Waals surface area contributed by atoms with Gasteiger partial charge in [0.05, 0.1) is 24.9 Å². The smallest absolute Gasteiger partial charge is 0.408 e. The zero-order valence-electron chi connectivity index (χ0n) is 31.5. The Bertz CT molecular complexity index is 1940. The lowest BCUT2D eigenvalue weighted by Crippen LogP contribution is -2.56. The number of hydrogen-bond donors (Lipinski definition) is 4. The highest BCUT2D eigenvalue weighted by atomic mass is 32.1. The molecule has 15 heteroatoms. The number of anilines is 1. The van der Waals surface area contributed by atoms with Gasteiger partial charge in [0, 0.05) is 41.3 Å². The molecule has 14 nitrogen and oxygen atoms in total. The van der Waals surface area contributed by atoms with Gasteiger partial charge >= 0.3 is 12.1 Å². The van der Waals surface area contributed by atoms with Crippen LogP contribution >= 0.6 is 11.3 Å². The number of carboxylic acid groups (broad SMARTS) is 1. The number of methoxy groups -OCH3 is 1. The van der Waals surface area contributed by atoms with E-state index in [0.29, 0.717) is 46.6 Å². The van der Waals surface area contributed by atoms with Gasteiger partial charge in [-0.2, -0.15) is 0 Å². The van der Waals surface area contributed by atoms with Gasteiger partial charge < -0.3 is 40.2 Å². The second kappa shape index (κ2) is 16.4. The van der Waals surface area contributed by atoms with Crippen LogP contribution in [0.1, 0.15) is 84.5 Å². The molecule has 3 amide bonds. The fourth-order valence-electron chi connectivity index (χ4n) is 7.90. The zero-order valence-corrected chi connectivity index (χ0v) is 32.4. The highest BCUT2D eigenvalue weighted by Crippen LogP contribution is 2.45. The van der Waals surface area contributed by atoms with Crippen LogP contribution in [0.5, 0.6) is 11.5 Å². The lowest BCUT2D eigenvalue weighted by Gasteiger charge is -2.29. The van der Waals surface area contributed by atoms with Gasteiger partial charge in [-0.05, 0) is 77.3 Å². The summed E-state index contributed by atoms with van der Waals surface area (Å²) in [6, 6.07) is 5.50. The van der Waals surface area contributed by atoms with E-state index in [1.807, 2.05) is 55.6 Å². The molecular formula is C40H50N6O8S. The van der Waals surface area contributed by atoms with Crippen molar-refractivity contribution in [2.24, 2.45) is 5.92 Å². The van der Waals surface area contributed by atoms with Crippen LogP contribution in [0.4, 0.5) is 9.93 Å². The summed E-state index contributed by atoms with van der Waals surface area (Å²) in [7, 11) is 1.58. The number of hydrogen-bond acceptors (Lipinski definition) is 11. The molecule has 4 aliphatic rings. The number of aromatic nitrogens is 2. The quantitative estimate of drug-likeness (QED) is 0.186. The molecular weight excluding hydrogens is 727 g/mol. The number of thiazole rings is 1. The Morgan fingerprint density at radius 3 is 2.64 bits per heavy atom. The predicted octanol–water partition coefficient (Wildman–Crippen LogP) is 6.05. The van der Waals surface area contributed by atoms with E-state index >= 15 is 0 Å². The van der Waals surface area contributed by atoms with Crippen LogP contribution in [0.25, 0.3) is 22.3 Å². The number of carbonyl (C=O) groups is 4. The number of rotatable bonds is 9. The third-order valence-electron chi connectivity index (χ3n) is 10.9. The fraction of sp³-hybridized carbons (Fsp3) is 0.550. The molecule has 55 heavy (non-hydrogen) atoms. The van der Waals surface area contributed by atoms with Crippen molar-refractivity contribution in [3.8, 4) is 22.9 Å². The summed E-state index contributed by atoms with van der Waals surface area (Å²) < 4.78 is 17.9. The maximum Gasteiger partial charge on any atom is 0.408 e. The number of carboxylic acids is 1. The van der Waals surface area contributed by atoms with Crippen LogP contribution in [-0.2, 0) is 19.1 Å². The third kappa shape index (κ3) is 8.66. The SMILES string of the molecule is COc1ccc2c(O[C@@H]3C[C@H]4C(=O)N[C@]5(C(=O)O)C[C@@H]5/C=C\CCCCC[C@H](NC(=O)OC5CCCC5)C(=O)N4C3)cc(-c3cs[14c](NC(C)C)n3)nc2c1. The second-order valence-electron chi connectivity index (χ2n) is 15.4. The van der Waals surface area contributed by atoms with Gasteiger partial charge in [0.1, 0.15) is 47.0 Å². The molecule has 2 aliphatic carbocycles. The van der Waals surface area contributed by atoms with Crippen molar-refractivity contribution in [1.82, 2.24) is 25.5 Å². The highest BCUT2D eigenvalue weighted by molar-refractivity contribution is 7.14. The number of benzene rings is 1. The number of fused-ring (bicyclic) bond motifs is 3. The van der Waals surface area contributed by atoms with E-state index in [2.05, 4.69) is 16.0 Å². The molecule has 2 aliphatic heterocycles. The number of nitrogens with one attached hydrogen (secondary N) is 3. The van der Waals surface area contributed by atoms with Crippen LogP contribution in [-0.4, -0.2) is 93.4 Å². The van der Waals surface area contributed by atoms with Gasteiger partial charge in [0.25, 0.3) is 0 Å². The van der Waals surface area contributed by atoms with E-state index in [1.165, 1.54) is 16.2 Å². The van der Waals surface area contributed by atoms with Crippen LogP contribution in [0.2, 0.25) is 0 Å². The molecule has 0 bridgehead atoms. The molecule has 2 aromatic heterocycles. The number of nitrogens with zero attached hydrogens (tertiary/aromatic N) is 3. The largest absolute Gasteiger partial charge is 0.497 e. The molecule has 294 valence electrons. The van der Waals surface area contributed by atoms with E-state index < -0.39 is 47.6 Å². The van der Waals surface area contributed by atoms with E-state index in [1.54, 1.807) is 7.11 Å². The standard InChI is InChI=1S/C40H50N6O8S/c1-23(2)41-38-43-32(22-55-38)31-19-34(28-16-15-26(52-3)17-30(28)42-31)53-27-18-33-35(47)45-40(37(49)50)20-24(40)11-7-5-4-6-8-14-29(36(48)46(33)21-27)44-39(51)54-25-12-9-10-13-25/h7,11,15-17,19,22-25,27,29,33H,4-6,8-10,12-14,18,20-21H2,1-3H3,(H,41,43)(H,44,51)(H,45,47)(H,49,50)/b11-7-/t24-,27+,29-,33-,40+/m0/s1/i38+2. The fourth-order valence-corrected chi connectivity index (χ4v) is 8.75. The molecule has 3 aromatic rings. The van der Waals surface area contributed by atoms with Gasteiger partial charge in [-0.3, -0.25) is 9.59 Å². The number of aliphatic carboxylic acids is 1. The van der Waals surface area contributed by atoms with Crippen molar-refractivity contribution in [3.63, 3.8) is 0 Å². The van der Waals surface area contributed by atoms with E-state index in [0.717, 1.165) is 50.1 Å². The monoisotopic (exact) mass is 776 g/mol. The van der Waals surface area contributed by atoms with Crippen molar-refractivity contribution in [2.75, 3.05) is 19.0 Å². The average Bonchev–Trinajstić information content (AvgIpc) is 3.58. The molecule has 3 fully saturated rings. The molecule has 0 spiro atoms. The van der Waals surface area contributed by atoms with Crippen molar-refractivity contribution >= 4 is 51.2 Å². The van der Waals surface area contributed by atoms with E-state index in [-0.39, 0.29) is 37.5 Å². The Balaban J connectivity index is 1.20. The molecule has 1 aromatic carbocycles. The molecule has 7 rings (SSSR count). The first-order valence-electron chi connectivity index (χ1n) is 19.4. The Morgan fingerprint density at radius 1 is 1.07 bits per heavy atom. The Morgan fingerprint density at radius 2 is 1.87 bits per heavy atom. The maximum atomic E-state index is 14.5. The average molecular weight is 777 g/mol. The lowest BCUT2D eigenvalue weighted by atomic mass is 10.0. The summed E-state index contributed by atoms with van der Waals surface area (Å²) in [6.45, 7) is 4.11. The Hall–Kier alpha value is -4.92. The van der Waals surface area contributed by atoms with Gasteiger partial charge in [-0.1, -0.05) is 25.0 Å². The predicted molar refractivity (Wildman–Crippen MR) is 207 cm³/mol. The minimum absolute atomic E-state index is 0.0324.